The van der Waals surface area contributed by atoms with Gasteiger partial charge in [0.25, 0.3) is 0 Å². The van der Waals surface area contributed by atoms with Gasteiger partial charge >= 0.3 is 0 Å². The van der Waals surface area contributed by atoms with Crippen molar-refractivity contribution >= 4 is 11.6 Å². The number of quaternary nitrogens is 1. The first-order valence-corrected chi connectivity index (χ1v) is 11.6. The Kier molecular flexibility index (Phi) is 18.2. The molecule has 0 unspecified atom stereocenters. The monoisotopic (exact) mass is 360 g/mol. The lowest BCUT2D eigenvalue weighted by Crippen LogP contribution is -2.44. The molecular formula is C22H47ClN+. The Bertz CT molecular complexity index is 222. The van der Waals surface area contributed by atoms with Crippen molar-refractivity contribution in [1.29, 1.82) is 0 Å². The van der Waals surface area contributed by atoms with Crippen molar-refractivity contribution in [2.45, 2.75) is 117 Å². The van der Waals surface area contributed by atoms with Crippen LogP contribution in [0.15, 0.2) is 0 Å². The van der Waals surface area contributed by atoms with E-state index >= 15 is 0 Å². The lowest BCUT2D eigenvalue weighted by molar-refractivity contribution is -0.899. The molecule has 2 heteroatoms. The van der Waals surface area contributed by atoms with Crippen LogP contribution in [0, 0.1) is 0 Å². The van der Waals surface area contributed by atoms with Crippen LogP contribution in [0.4, 0.5) is 0 Å². The first kappa shape index (κ1) is 24.2. The molecule has 146 valence electrons. The second-order valence-corrected chi connectivity index (χ2v) is 8.38. The van der Waals surface area contributed by atoms with E-state index in [1.807, 2.05) is 0 Å². The minimum atomic E-state index is 0.785. The van der Waals surface area contributed by atoms with Gasteiger partial charge in [-0.15, -0.1) is 0 Å². The van der Waals surface area contributed by atoms with Crippen molar-refractivity contribution in [1.82, 2.24) is 0 Å². The fourth-order valence-corrected chi connectivity index (χ4v) is 3.73. The highest BCUT2D eigenvalue weighted by atomic mass is 35.5. The number of alkyl halides is 1. The number of halogens is 1. The Hall–Kier alpha value is 0.250. The summed E-state index contributed by atoms with van der Waals surface area (Å²) in [7, 11) is 2.36. The molecule has 0 aromatic heterocycles. The van der Waals surface area contributed by atoms with Crippen molar-refractivity contribution in [3.05, 3.63) is 0 Å². The molecule has 0 aromatic rings. The van der Waals surface area contributed by atoms with Crippen LogP contribution >= 0.6 is 11.6 Å². The molecule has 0 aliphatic heterocycles. The molecule has 24 heavy (non-hydrogen) atoms. The van der Waals surface area contributed by atoms with Crippen molar-refractivity contribution in [3.8, 4) is 0 Å². The number of unbranched alkanes of at least 4 members (excludes halogenated alkanes) is 14. The van der Waals surface area contributed by atoms with E-state index in [4.69, 9.17) is 11.6 Å². The molecule has 0 bridgehead atoms. The Balaban J connectivity index is 3.51. The highest BCUT2D eigenvalue weighted by Crippen LogP contribution is 2.15. The molecule has 0 aliphatic carbocycles. The van der Waals surface area contributed by atoms with Crippen LogP contribution in [0.2, 0.25) is 0 Å². The van der Waals surface area contributed by atoms with E-state index in [1.165, 1.54) is 116 Å². The molecule has 0 N–H and O–H groups in total. The van der Waals surface area contributed by atoms with Crippen molar-refractivity contribution in [3.63, 3.8) is 0 Å². The predicted octanol–water partition coefficient (Wildman–Crippen LogP) is 7.91. The third-order valence-electron chi connectivity index (χ3n) is 5.39. The maximum atomic E-state index is 6.28. The summed E-state index contributed by atoms with van der Waals surface area (Å²) in [5, 5.41) is 0. The summed E-state index contributed by atoms with van der Waals surface area (Å²) in [6, 6.07) is 0.785. The molecule has 0 saturated carbocycles. The lowest BCUT2D eigenvalue weighted by Gasteiger charge is -2.32. The van der Waals surface area contributed by atoms with Gasteiger partial charge in [-0.3, -0.25) is 0 Å². The van der Waals surface area contributed by atoms with Crippen LogP contribution in [-0.4, -0.2) is 30.6 Å². The fraction of sp³-hybridized carbons (Fsp3) is 1.00. The Morgan fingerprint density at radius 1 is 0.500 bits per heavy atom. The molecule has 0 heterocycles. The van der Waals surface area contributed by atoms with Crippen molar-refractivity contribution in [2.24, 2.45) is 0 Å². The first-order chi connectivity index (χ1) is 11.7. The summed E-state index contributed by atoms with van der Waals surface area (Å²) < 4.78 is 1.08. The quantitative estimate of drug-likeness (QED) is 0.0949. The molecular weight excluding hydrogens is 314 g/mol. The Labute approximate surface area is 159 Å². The van der Waals surface area contributed by atoms with Crippen molar-refractivity contribution < 1.29 is 4.48 Å². The first-order valence-electron chi connectivity index (χ1n) is 11.1. The van der Waals surface area contributed by atoms with Gasteiger partial charge in [-0.25, -0.2) is 0 Å². The van der Waals surface area contributed by atoms with Crippen LogP contribution in [0.3, 0.4) is 0 Å². The molecule has 0 saturated heterocycles. The Morgan fingerprint density at radius 2 is 0.792 bits per heavy atom. The number of rotatable bonds is 19. The van der Waals surface area contributed by atoms with Gasteiger partial charge in [-0.05, 0) is 25.7 Å². The SMILES string of the molecule is CCCCCCCCCC[N+](C)(CCl)CCCCCCCCCC. The van der Waals surface area contributed by atoms with Gasteiger partial charge in [-0.2, -0.15) is 0 Å². The highest BCUT2D eigenvalue weighted by molar-refractivity contribution is 6.16. The molecule has 0 spiro atoms. The average Bonchev–Trinajstić information content (AvgIpc) is 2.59. The van der Waals surface area contributed by atoms with E-state index in [-0.39, 0.29) is 0 Å². The average molecular weight is 361 g/mol. The maximum absolute atomic E-state index is 6.28. The molecule has 0 aromatic carbocycles. The fourth-order valence-electron chi connectivity index (χ4n) is 3.49. The van der Waals surface area contributed by atoms with E-state index in [0.717, 1.165) is 10.5 Å². The number of hydrogen-bond acceptors (Lipinski definition) is 0. The van der Waals surface area contributed by atoms with Crippen LogP contribution in [0.25, 0.3) is 0 Å². The number of nitrogens with zero attached hydrogens (tertiary/aromatic N) is 1. The summed E-state index contributed by atoms with van der Waals surface area (Å²) in [5.41, 5.74) is 0. The molecule has 1 nitrogen and oxygen atoms in total. The second-order valence-electron chi connectivity index (χ2n) is 8.14. The van der Waals surface area contributed by atoms with Gasteiger partial charge in [0.2, 0.25) is 0 Å². The van der Waals surface area contributed by atoms with Gasteiger partial charge in [0.05, 0.1) is 20.1 Å². The standard InChI is InChI=1S/C22H47ClN/c1-4-6-8-10-12-14-16-18-20-24(3,22-23)21-19-17-15-13-11-9-7-5-2/h4-22H2,1-3H3/q+1. The van der Waals surface area contributed by atoms with Gasteiger partial charge in [-0.1, -0.05) is 102 Å². The zero-order chi connectivity index (χ0) is 17.9. The summed E-state index contributed by atoms with van der Waals surface area (Å²) in [6.45, 7) is 7.12. The van der Waals surface area contributed by atoms with Gasteiger partial charge < -0.3 is 4.48 Å². The lowest BCUT2D eigenvalue weighted by atomic mass is 10.1. The van der Waals surface area contributed by atoms with E-state index in [0.29, 0.717) is 0 Å². The normalized spacial score (nSPS) is 12.0. The maximum Gasteiger partial charge on any atom is 0.154 e. The molecule has 0 radical (unpaired) electrons. The topological polar surface area (TPSA) is 0 Å². The highest BCUT2D eigenvalue weighted by Gasteiger charge is 2.18. The van der Waals surface area contributed by atoms with Crippen LogP contribution in [0.1, 0.15) is 117 Å². The Morgan fingerprint density at radius 3 is 1.08 bits per heavy atom. The van der Waals surface area contributed by atoms with Gasteiger partial charge in [0.1, 0.15) is 0 Å². The third kappa shape index (κ3) is 15.8. The van der Waals surface area contributed by atoms with Gasteiger partial charge in [0.15, 0.2) is 6.00 Å². The molecule has 0 atom stereocenters. The zero-order valence-electron chi connectivity index (χ0n) is 17.3. The molecule has 0 fully saturated rings. The minimum absolute atomic E-state index is 0.785. The third-order valence-corrected chi connectivity index (χ3v) is 5.97. The van der Waals surface area contributed by atoms with Crippen molar-refractivity contribution in [2.75, 3.05) is 26.1 Å². The molecule has 0 amide bonds. The number of hydrogen-bond donors (Lipinski definition) is 0. The van der Waals surface area contributed by atoms with E-state index < -0.39 is 0 Å². The van der Waals surface area contributed by atoms with E-state index in [2.05, 4.69) is 20.9 Å². The largest absolute Gasteiger partial charge is 0.313 e. The molecule has 0 aliphatic rings. The zero-order valence-corrected chi connectivity index (χ0v) is 18.0. The van der Waals surface area contributed by atoms with Crippen LogP contribution in [-0.2, 0) is 0 Å². The predicted molar refractivity (Wildman–Crippen MR) is 112 cm³/mol. The summed E-state index contributed by atoms with van der Waals surface area (Å²) in [5.74, 6) is 0. The summed E-state index contributed by atoms with van der Waals surface area (Å²) in [4.78, 5) is 0. The minimum Gasteiger partial charge on any atom is -0.313 e. The van der Waals surface area contributed by atoms with Gasteiger partial charge in [0, 0.05) is 0 Å². The van der Waals surface area contributed by atoms with Crippen LogP contribution < -0.4 is 0 Å². The van der Waals surface area contributed by atoms with E-state index in [1.54, 1.807) is 0 Å². The summed E-state index contributed by atoms with van der Waals surface area (Å²) >= 11 is 6.28. The van der Waals surface area contributed by atoms with Crippen LogP contribution in [0.5, 0.6) is 0 Å². The molecule has 0 rings (SSSR count). The smallest absolute Gasteiger partial charge is 0.154 e. The van der Waals surface area contributed by atoms with E-state index in [9.17, 15) is 0 Å². The summed E-state index contributed by atoms with van der Waals surface area (Å²) in [6.07, 6.45) is 22.5. The second kappa shape index (κ2) is 18.1.